The van der Waals surface area contributed by atoms with Crippen LogP contribution in [-0.2, 0) is 0 Å². The molecular weight excluding hydrogens is 384 g/mol. The first-order chi connectivity index (χ1) is 14.7. The van der Waals surface area contributed by atoms with Gasteiger partial charge in [-0.1, -0.05) is 41.5 Å². The minimum absolute atomic E-state index is 0.541. The van der Waals surface area contributed by atoms with E-state index < -0.39 is 0 Å². The van der Waals surface area contributed by atoms with E-state index in [0.717, 1.165) is 38.5 Å². The van der Waals surface area contributed by atoms with Crippen molar-refractivity contribution in [2.75, 3.05) is 39.6 Å². The van der Waals surface area contributed by atoms with Crippen molar-refractivity contribution in [1.29, 1.82) is 0 Å². The quantitative estimate of drug-likeness (QED) is 0.270. The van der Waals surface area contributed by atoms with Gasteiger partial charge in [0.05, 0.1) is 39.6 Å². The molecule has 0 unspecified atom stereocenters. The monoisotopic (exact) mass is 426 g/mol. The third kappa shape index (κ3) is 7.69. The first-order valence-electron chi connectivity index (χ1n) is 11.7. The summed E-state index contributed by atoms with van der Waals surface area (Å²) in [6.07, 6.45) is 5.20. The molecule has 0 aliphatic heterocycles. The Kier molecular flexibility index (Phi) is 13.7. The molecule has 1 aromatic carbocycles. The van der Waals surface area contributed by atoms with Gasteiger partial charge in [-0.2, -0.15) is 0 Å². The van der Waals surface area contributed by atoms with Gasteiger partial charge in [0.15, 0.2) is 0 Å². The fourth-order valence-corrected chi connectivity index (χ4v) is 2.63. The molecule has 0 bridgehead atoms. The van der Waals surface area contributed by atoms with Gasteiger partial charge in [0, 0.05) is 0 Å². The van der Waals surface area contributed by atoms with Crippen LogP contribution >= 0.6 is 0 Å². The highest BCUT2D eigenvalue weighted by molar-refractivity contribution is 5.73. The Hall–Kier alpha value is -1.98. The zero-order valence-corrected chi connectivity index (χ0v) is 19.9. The molecule has 1 aromatic rings. The molecule has 0 saturated carbocycles. The van der Waals surface area contributed by atoms with Crippen molar-refractivity contribution in [3.63, 3.8) is 0 Å². The molecule has 0 aliphatic carbocycles. The third-order valence-corrected chi connectivity index (χ3v) is 3.94. The van der Waals surface area contributed by atoms with E-state index in [-0.39, 0.29) is 0 Å². The molecule has 174 valence electrons. The number of hydrogen-bond donors (Lipinski definition) is 0. The van der Waals surface area contributed by atoms with Crippen molar-refractivity contribution in [3.05, 3.63) is 0 Å². The van der Waals surface area contributed by atoms with E-state index in [2.05, 4.69) is 41.5 Å². The number of hydrogen-bond acceptors (Lipinski definition) is 6. The van der Waals surface area contributed by atoms with Gasteiger partial charge in [-0.3, -0.25) is 0 Å². The van der Waals surface area contributed by atoms with Crippen molar-refractivity contribution in [2.45, 2.75) is 80.1 Å². The number of ether oxygens (including phenoxy) is 6. The van der Waals surface area contributed by atoms with E-state index in [1.165, 1.54) is 0 Å². The molecule has 0 aromatic heterocycles. The SMILES string of the molecule is CCCOc1c(OCCC)c(OCCC)c(OCCC)c(OCCC)c1OCCC. The summed E-state index contributed by atoms with van der Waals surface area (Å²) in [7, 11) is 0. The third-order valence-electron chi connectivity index (χ3n) is 3.94. The van der Waals surface area contributed by atoms with Crippen molar-refractivity contribution in [1.82, 2.24) is 0 Å². The average molecular weight is 427 g/mol. The van der Waals surface area contributed by atoms with Crippen LogP contribution in [0.2, 0.25) is 0 Å². The van der Waals surface area contributed by atoms with E-state index in [1.54, 1.807) is 0 Å². The number of rotatable bonds is 18. The lowest BCUT2D eigenvalue weighted by atomic mass is 10.2. The lowest BCUT2D eigenvalue weighted by Gasteiger charge is -2.25. The van der Waals surface area contributed by atoms with E-state index in [4.69, 9.17) is 28.4 Å². The predicted octanol–water partition coefficient (Wildman–Crippen LogP) is 6.42. The molecule has 30 heavy (non-hydrogen) atoms. The highest BCUT2D eigenvalue weighted by atomic mass is 16.6. The Labute approximate surface area is 183 Å². The van der Waals surface area contributed by atoms with Crippen molar-refractivity contribution >= 4 is 0 Å². The molecule has 0 radical (unpaired) electrons. The summed E-state index contributed by atoms with van der Waals surface area (Å²) in [4.78, 5) is 0. The van der Waals surface area contributed by atoms with Gasteiger partial charge in [-0.05, 0) is 38.5 Å². The summed E-state index contributed by atoms with van der Waals surface area (Å²) in [6.45, 7) is 15.7. The molecule has 1 rings (SSSR count). The van der Waals surface area contributed by atoms with Gasteiger partial charge in [0.1, 0.15) is 0 Å². The second kappa shape index (κ2) is 15.8. The number of benzene rings is 1. The Balaban J connectivity index is 3.74. The topological polar surface area (TPSA) is 55.4 Å². The Bertz CT molecular complexity index is 436. The summed E-state index contributed by atoms with van der Waals surface area (Å²) in [5, 5.41) is 0. The first-order valence-corrected chi connectivity index (χ1v) is 11.7. The van der Waals surface area contributed by atoms with Gasteiger partial charge in [-0.15, -0.1) is 0 Å². The van der Waals surface area contributed by atoms with Crippen LogP contribution in [0.4, 0.5) is 0 Å². The van der Waals surface area contributed by atoms with Crippen molar-refractivity contribution in [2.24, 2.45) is 0 Å². The zero-order chi connectivity index (χ0) is 22.2. The second-order valence-electron chi connectivity index (χ2n) is 7.07. The van der Waals surface area contributed by atoms with Gasteiger partial charge in [0.2, 0.25) is 34.5 Å². The predicted molar refractivity (Wildman–Crippen MR) is 121 cm³/mol. The molecule has 0 spiro atoms. The van der Waals surface area contributed by atoms with Gasteiger partial charge >= 0.3 is 0 Å². The molecule has 0 saturated heterocycles. The van der Waals surface area contributed by atoms with Crippen molar-refractivity contribution in [3.8, 4) is 34.5 Å². The summed E-state index contributed by atoms with van der Waals surface area (Å²) >= 11 is 0. The zero-order valence-electron chi connectivity index (χ0n) is 19.9. The first kappa shape index (κ1) is 26.1. The standard InChI is InChI=1S/C24H42O6/c1-7-13-25-19-20(26-14-8-2)22(28-16-10-4)24(30-18-12-6)23(29-17-11-5)21(19)27-15-9-3/h7-18H2,1-6H3. The fourth-order valence-electron chi connectivity index (χ4n) is 2.63. The van der Waals surface area contributed by atoms with Crippen LogP contribution in [0.25, 0.3) is 0 Å². The maximum atomic E-state index is 6.15. The van der Waals surface area contributed by atoms with E-state index in [1.807, 2.05) is 0 Å². The van der Waals surface area contributed by atoms with Crippen LogP contribution in [0.5, 0.6) is 34.5 Å². The molecule has 0 atom stereocenters. The fraction of sp³-hybridized carbons (Fsp3) is 0.750. The van der Waals surface area contributed by atoms with Crippen molar-refractivity contribution < 1.29 is 28.4 Å². The smallest absolute Gasteiger partial charge is 0.211 e. The summed E-state index contributed by atoms with van der Waals surface area (Å²) < 4.78 is 36.9. The highest BCUT2D eigenvalue weighted by Gasteiger charge is 2.31. The lowest BCUT2D eigenvalue weighted by Crippen LogP contribution is -2.12. The molecule has 0 fully saturated rings. The van der Waals surface area contributed by atoms with Gasteiger partial charge in [0.25, 0.3) is 0 Å². The molecule has 0 N–H and O–H groups in total. The van der Waals surface area contributed by atoms with Crippen LogP contribution in [0.3, 0.4) is 0 Å². The van der Waals surface area contributed by atoms with E-state index >= 15 is 0 Å². The van der Waals surface area contributed by atoms with Crippen LogP contribution in [0.1, 0.15) is 80.1 Å². The van der Waals surface area contributed by atoms with Crippen LogP contribution in [0, 0.1) is 0 Å². The normalized spacial score (nSPS) is 10.6. The second-order valence-corrected chi connectivity index (χ2v) is 7.07. The Morgan fingerprint density at radius 1 is 0.300 bits per heavy atom. The summed E-state index contributed by atoms with van der Waals surface area (Å²) in [5.74, 6) is 3.25. The minimum Gasteiger partial charge on any atom is -0.486 e. The molecule has 0 heterocycles. The maximum Gasteiger partial charge on any atom is 0.211 e. The molecule has 0 amide bonds. The lowest BCUT2D eigenvalue weighted by molar-refractivity contribution is 0.195. The van der Waals surface area contributed by atoms with Crippen LogP contribution in [-0.4, -0.2) is 39.6 Å². The van der Waals surface area contributed by atoms with Gasteiger partial charge < -0.3 is 28.4 Å². The largest absolute Gasteiger partial charge is 0.486 e. The minimum atomic E-state index is 0.541. The maximum absolute atomic E-state index is 6.15. The molecule has 6 nitrogen and oxygen atoms in total. The van der Waals surface area contributed by atoms with E-state index in [0.29, 0.717) is 74.1 Å². The Morgan fingerprint density at radius 3 is 0.533 bits per heavy atom. The Morgan fingerprint density at radius 2 is 0.433 bits per heavy atom. The van der Waals surface area contributed by atoms with E-state index in [9.17, 15) is 0 Å². The van der Waals surface area contributed by atoms with Crippen LogP contribution < -0.4 is 28.4 Å². The molecule has 6 heteroatoms. The summed E-state index contributed by atoms with van der Waals surface area (Å²) in [6, 6.07) is 0. The highest BCUT2D eigenvalue weighted by Crippen LogP contribution is 2.58. The van der Waals surface area contributed by atoms with Gasteiger partial charge in [-0.25, -0.2) is 0 Å². The van der Waals surface area contributed by atoms with Crippen LogP contribution in [0.15, 0.2) is 0 Å². The average Bonchev–Trinajstić information content (AvgIpc) is 2.76. The molecule has 0 aliphatic rings. The molecular formula is C24H42O6. The summed E-state index contributed by atoms with van der Waals surface area (Å²) in [5.41, 5.74) is 0.